The number of rotatable bonds is 5. The Morgan fingerprint density at radius 3 is 2.54 bits per heavy atom. The van der Waals surface area contributed by atoms with E-state index >= 15 is 4.39 Å². The number of carbonyl (C=O) groups is 1. The highest BCUT2D eigenvalue weighted by molar-refractivity contribution is 5.81. The number of piperidine rings is 1. The third-order valence-electron chi connectivity index (χ3n) is 9.19. The fraction of sp³-hybridized carbons (Fsp3) is 0.913. The van der Waals surface area contributed by atoms with Crippen LogP contribution in [0.15, 0.2) is 0 Å². The van der Waals surface area contributed by atoms with Crippen LogP contribution in [0, 0.1) is 28.6 Å². The van der Waals surface area contributed by atoms with Crippen molar-refractivity contribution >= 4 is 5.91 Å². The van der Waals surface area contributed by atoms with Crippen LogP contribution in [-0.2, 0) is 9.53 Å². The second kappa shape index (κ2) is 9.46. The number of fused-ring (bicyclic) bond motifs is 1. The summed E-state index contributed by atoms with van der Waals surface area (Å²) in [4.78, 5) is 18.2. The number of nitrogens with two attached hydrogens (primary N) is 1. The van der Waals surface area contributed by atoms with Gasteiger partial charge in [0.1, 0.15) is 6.17 Å². The number of nitriles is 1. The Morgan fingerprint density at radius 1 is 1.14 bits per heavy atom. The molecule has 7 unspecified atom stereocenters. The van der Waals surface area contributed by atoms with Gasteiger partial charge in [-0.05, 0) is 12.8 Å². The van der Waals surface area contributed by atoms with Crippen LogP contribution in [0.1, 0.15) is 12.8 Å². The van der Waals surface area contributed by atoms with Gasteiger partial charge >= 0.3 is 0 Å². The van der Waals surface area contributed by atoms with Crippen LogP contribution < -0.4 is 27.1 Å². The van der Waals surface area contributed by atoms with E-state index in [1.165, 1.54) is 0 Å². The Kier molecular flexibility index (Phi) is 6.47. The Balaban J connectivity index is 1.09. The largest absolute Gasteiger partial charge is 0.378 e. The second-order valence-electron chi connectivity index (χ2n) is 11.2. The highest BCUT2D eigenvalue weighted by Crippen LogP contribution is 2.52. The molecule has 6 rings (SSSR count). The zero-order chi connectivity index (χ0) is 24.2. The zero-order valence-corrected chi connectivity index (χ0v) is 20.2. The highest BCUT2D eigenvalue weighted by atomic mass is 19.1. The molecule has 5 aliphatic heterocycles. The first-order valence-corrected chi connectivity index (χ1v) is 13.1. The van der Waals surface area contributed by atoms with E-state index in [-0.39, 0.29) is 35.5 Å². The molecule has 1 aliphatic carbocycles. The van der Waals surface area contributed by atoms with Crippen LogP contribution in [0.5, 0.6) is 0 Å². The van der Waals surface area contributed by atoms with Gasteiger partial charge in [0.25, 0.3) is 0 Å². The van der Waals surface area contributed by atoms with Gasteiger partial charge in [-0.1, -0.05) is 0 Å². The molecule has 35 heavy (non-hydrogen) atoms. The van der Waals surface area contributed by atoms with E-state index in [9.17, 15) is 10.1 Å². The summed E-state index contributed by atoms with van der Waals surface area (Å²) in [5.74, 6) is -0.431. The van der Waals surface area contributed by atoms with Crippen molar-refractivity contribution in [3.05, 3.63) is 0 Å². The zero-order valence-electron chi connectivity index (χ0n) is 20.2. The lowest BCUT2D eigenvalue weighted by atomic mass is 9.87. The number of piperazine rings is 1. The molecule has 5 heterocycles. The lowest BCUT2D eigenvalue weighted by Crippen LogP contribution is -2.69. The molecule has 194 valence electrons. The quantitative estimate of drug-likeness (QED) is 0.278. The summed E-state index contributed by atoms with van der Waals surface area (Å²) in [6, 6.07) is 2.31. The molecule has 6 N–H and O–H groups in total. The number of amides is 1. The predicted octanol–water partition coefficient (Wildman–Crippen LogP) is -2.63. The molecule has 0 radical (unpaired) electrons. The van der Waals surface area contributed by atoms with E-state index in [0.717, 1.165) is 52.2 Å². The molecule has 0 aromatic heterocycles. The van der Waals surface area contributed by atoms with Crippen LogP contribution in [0.25, 0.3) is 0 Å². The minimum absolute atomic E-state index is 0.152. The van der Waals surface area contributed by atoms with Crippen LogP contribution in [0.3, 0.4) is 0 Å². The number of hydrogen-bond acceptors (Lipinski definition) is 10. The minimum atomic E-state index is -1.05. The molecule has 11 nitrogen and oxygen atoms in total. The first-order valence-electron chi connectivity index (χ1n) is 13.1. The van der Waals surface area contributed by atoms with Crippen molar-refractivity contribution in [2.45, 2.75) is 49.5 Å². The summed E-state index contributed by atoms with van der Waals surface area (Å²) in [5, 5.41) is 21.4. The van der Waals surface area contributed by atoms with Gasteiger partial charge in [0.2, 0.25) is 5.91 Å². The summed E-state index contributed by atoms with van der Waals surface area (Å²) in [6.45, 7) is 7.19. The lowest BCUT2D eigenvalue weighted by Gasteiger charge is -2.48. The van der Waals surface area contributed by atoms with Gasteiger partial charge in [-0.3, -0.25) is 19.9 Å². The molecule has 0 aromatic carbocycles. The molecule has 6 fully saturated rings. The van der Waals surface area contributed by atoms with Crippen molar-refractivity contribution in [1.82, 2.24) is 36.2 Å². The van der Waals surface area contributed by atoms with E-state index in [2.05, 4.69) is 37.2 Å². The number of carbonyl (C=O) groups excluding carboxylic acids is 1. The Morgan fingerprint density at radius 2 is 1.89 bits per heavy atom. The number of nitrogens with one attached hydrogen (secondary N) is 4. The third kappa shape index (κ3) is 4.36. The Hall–Kier alpha value is -1.43. The Labute approximate surface area is 205 Å². The summed E-state index contributed by atoms with van der Waals surface area (Å²) < 4.78 is 20.5. The second-order valence-corrected chi connectivity index (χ2v) is 11.2. The smallest absolute Gasteiger partial charge is 0.229 e. The Bertz CT molecular complexity index is 841. The number of alkyl halides is 1. The van der Waals surface area contributed by atoms with Gasteiger partial charge < -0.3 is 21.1 Å². The molecular formula is C23H38FN9O2. The average Bonchev–Trinajstić information content (AvgIpc) is 3.54. The summed E-state index contributed by atoms with van der Waals surface area (Å²) in [7, 11) is 0. The van der Waals surface area contributed by atoms with Crippen molar-refractivity contribution in [2.75, 3.05) is 65.6 Å². The molecule has 5 saturated heterocycles. The van der Waals surface area contributed by atoms with E-state index in [4.69, 9.17) is 10.5 Å². The van der Waals surface area contributed by atoms with Gasteiger partial charge in [0.15, 0.2) is 0 Å². The van der Waals surface area contributed by atoms with Crippen molar-refractivity contribution < 1.29 is 13.9 Å². The number of ether oxygens (including phenoxy) is 1. The fourth-order valence-electron chi connectivity index (χ4n) is 6.74. The van der Waals surface area contributed by atoms with E-state index < -0.39 is 18.3 Å². The maximum atomic E-state index is 15.2. The van der Waals surface area contributed by atoms with Gasteiger partial charge in [-0.15, -0.1) is 0 Å². The van der Waals surface area contributed by atoms with E-state index in [1.807, 2.05) is 5.01 Å². The average molecular weight is 492 g/mol. The number of halogens is 1. The number of nitrogens with zero attached hydrogens (tertiary/aromatic N) is 4. The minimum Gasteiger partial charge on any atom is -0.378 e. The molecule has 0 aromatic rings. The fourth-order valence-corrected chi connectivity index (χ4v) is 6.74. The van der Waals surface area contributed by atoms with Crippen molar-refractivity contribution in [3.8, 4) is 6.07 Å². The third-order valence-corrected chi connectivity index (χ3v) is 9.19. The highest BCUT2D eigenvalue weighted by Gasteiger charge is 2.55. The summed E-state index contributed by atoms with van der Waals surface area (Å²) in [5.41, 5.74) is 9.39. The number of hydrogen-bond donors (Lipinski definition) is 5. The monoisotopic (exact) mass is 491 g/mol. The SMILES string of the molecule is N#CC1(C2CNC3C(C(=O)NC4CNCC(F)C4N4CCN(C5COC5)CC4)C(N)NN3C2)CC1. The van der Waals surface area contributed by atoms with Crippen LogP contribution in [0.2, 0.25) is 0 Å². The molecule has 0 spiro atoms. The standard InChI is InChI=1S/C23H38FN9O2/c24-16-8-27-9-17(19(16)32-5-3-31(4-6-32)15-11-35-12-15)29-22(34)18-20(26)30-33-10-14(7-28-21(18)33)23(13-25)1-2-23/h14-21,27-28,30H,1-12,26H2,(H,29,34). The van der Waals surface area contributed by atoms with E-state index in [0.29, 0.717) is 32.2 Å². The maximum absolute atomic E-state index is 15.2. The topological polar surface area (TPSA) is 134 Å². The molecule has 1 saturated carbocycles. The van der Waals surface area contributed by atoms with Gasteiger partial charge in [-0.2, -0.15) is 5.26 Å². The van der Waals surface area contributed by atoms with Crippen LogP contribution in [0.4, 0.5) is 4.39 Å². The first kappa shape index (κ1) is 23.9. The molecule has 12 heteroatoms. The van der Waals surface area contributed by atoms with Gasteiger partial charge in [-0.25, -0.2) is 14.8 Å². The summed E-state index contributed by atoms with van der Waals surface area (Å²) >= 11 is 0. The molecule has 0 bridgehead atoms. The van der Waals surface area contributed by atoms with Crippen LogP contribution >= 0.6 is 0 Å². The summed E-state index contributed by atoms with van der Waals surface area (Å²) in [6.07, 6.45) is 0.0582. The molecule has 1 amide bonds. The van der Waals surface area contributed by atoms with Crippen molar-refractivity contribution in [1.29, 1.82) is 5.26 Å². The lowest BCUT2D eigenvalue weighted by molar-refractivity contribution is -0.129. The maximum Gasteiger partial charge on any atom is 0.229 e. The first-order chi connectivity index (χ1) is 17.0. The molecular weight excluding hydrogens is 453 g/mol. The van der Waals surface area contributed by atoms with Crippen molar-refractivity contribution in [2.24, 2.45) is 23.0 Å². The van der Waals surface area contributed by atoms with Crippen molar-refractivity contribution in [3.63, 3.8) is 0 Å². The number of hydrazine groups is 1. The molecule has 6 aliphatic rings. The van der Waals surface area contributed by atoms with Gasteiger partial charge in [0.05, 0.1) is 61.1 Å². The normalized spacial score (nSPS) is 42.6. The van der Waals surface area contributed by atoms with Gasteiger partial charge in [0, 0.05) is 58.3 Å². The molecule has 7 atom stereocenters. The van der Waals surface area contributed by atoms with Crippen LogP contribution in [-0.4, -0.2) is 123 Å². The predicted molar refractivity (Wildman–Crippen MR) is 125 cm³/mol. The van der Waals surface area contributed by atoms with E-state index in [1.54, 1.807) is 0 Å².